The highest BCUT2D eigenvalue weighted by atomic mass is 15.4. The van der Waals surface area contributed by atoms with Crippen LogP contribution >= 0.6 is 0 Å². The fourth-order valence-corrected chi connectivity index (χ4v) is 5.58. The Morgan fingerprint density at radius 3 is 2.34 bits per heavy atom. The van der Waals surface area contributed by atoms with Crippen LogP contribution in [0.3, 0.4) is 0 Å². The van der Waals surface area contributed by atoms with E-state index in [1.165, 1.54) is 12.8 Å². The van der Waals surface area contributed by atoms with E-state index in [1.807, 2.05) is 37.0 Å². The van der Waals surface area contributed by atoms with Crippen LogP contribution in [0.5, 0.6) is 0 Å². The molecule has 5 rings (SSSR count). The van der Waals surface area contributed by atoms with E-state index in [1.54, 1.807) is 0 Å². The second-order valence-corrected chi connectivity index (χ2v) is 9.31. The van der Waals surface area contributed by atoms with Gasteiger partial charge in [0.15, 0.2) is 0 Å². The van der Waals surface area contributed by atoms with Gasteiger partial charge in [-0.3, -0.25) is 4.68 Å². The van der Waals surface area contributed by atoms with Crippen LogP contribution in [0.25, 0.3) is 5.57 Å². The zero-order chi connectivity index (χ0) is 22.2. The van der Waals surface area contributed by atoms with Gasteiger partial charge in [0.25, 0.3) is 0 Å². The largest absolute Gasteiger partial charge is 0.343 e. The summed E-state index contributed by atoms with van der Waals surface area (Å²) in [6, 6.07) is 10.2. The van der Waals surface area contributed by atoms with Gasteiger partial charge in [-0.2, -0.15) is 10.4 Å². The number of aromatic nitrogens is 2. The monoisotopic (exact) mass is 429 g/mol. The van der Waals surface area contributed by atoms with Crippen LogP contribution < -0.4 is 5.32 Å². The molecular formula is C25H31N7. The van der Waals surface area contributed by atoms with Crippen molar-refractivity contribution in [2.45, 2.75) is 25.8 Å². The van der Waals surface area contributed by atoms with E-state index < -0.39 is 0 Å². The Bertz CT molecular complexity index is 1070. The minimum atomic E-state index is 0.0163. The molecule has 1 aromatic heterocycles. The Balaban J connectivity index is 1.51. The van der Waals surface area contributed by atoms with Gasteiger partial charge in [0.1, 0.15) is 0 Å². The normalized spacial score (nSPS) is 25.6. The van der Waals surface area contributed by atoms with Crippen LogP contribution in [-0.2, 0) is 7.05 Å². The molecule has 4 heterocycles. The fraction of sp³-hybridized carbons (Fsp3) is 0.480. The summed E-state index contributed by atoms with van der Waals surface area (Å²) in [4.78, 5) is 9.77. The van der Waals surface area contributed by atoms with Gasteiger partial charge in [-0.15, -0.1) is 0 Å². The molecule has 3 unspecified atom stereocenters. The molecule has 3 atom stereocenters. The van der Waals surface area contributed by atoms with Crippen molar-refractivity contribution < 1.29 is 0 Å². The third kappa shape index (κ3) is 3.69. The molecule has 3 aliphatic heterocycles. The van der Waals surface area contributed by atoms with Crippen LogP contribution in [0.4, 0.5) is 0 Å². The fourth-order valence-electron chi connectivity index (χ4n) is 5.58. The second kappa shape index (κ2) is 8.44. The zero-order valence-corrected chi connectivity index (χ0v) is 19.1. The Morgan fingerprint density at radius 1 is 1.06 bits per heavy atom. The quantitative estimate of drug-likeness (QED) is 0.795. The van der Waals surface area contributed by atoms with Crippen molar-refractivity contribution in [3.8, 4) is 6.07 Å². The predicted octanol–water partition coefficient (Wildman–Crippen LogP) is 2.92. The van der Waals surface area contributed by atoms with E-state index in [9.17, 15) is 5.26 Å². The molecule has 0 radical (unpaired) electrons. The lowest BCUT2D eigenvalue weighted by atomic mass is 9.91. The van der Waals surface area contributed by atoms with Crippen molar-refractivity contribution >= 4 is 11.5 Å². The number of likely N-dealkylation sites (tertiary alicyclic amines) is 1. The summed E-state index contributed by atoms with van der Waals surface area (Å²) in [7, 11) is 4.10. The van der Waals surface area contributed by atoms with E-state index in [0.717, 1.165) is 66.4 Å². The molecule has 1 aromatic carbocycles. The first kappa shape index (κ1) is 20.8. The number of nitrogens with one attached hydrogen (secondary N) is 1. The van der Waals surface area contributed by atoms with Crippen molar-refractivity contribution in [1.29, 1.82) is 5.26 Å². The Kier molecular flexibility index (Phi) is 5.48. The van der Waals surface area contributed by atoms with Gasteiger partial charge in [0.05, 0.1) is 23.4 Å². The molecule has 0 saturated carbocycles. The number of benzene rings is 1. The first-order valence-electron chi connectivity index (χ1n) is 11.5. The maximum absolute atomic E-state index is 9.25. The van der Waals surface area contributed by atoms with Crippen LogP contribution in [0, 0.1) is 30.1 Å². The van der Waals surface area contributed by atoms with Gasteiger partial charge < -0.3 is 15.1 Å². The van der Waals surface area contributed by atoms with E-state index in [2.05, 4.69) is 51.7 Å². The first-order chi connectivity index (χ1) is 15.5. The van der Waals surface area contributed by atoms with Gasteiger partial charge in [0, 0.05) is 50.7 Å². The van der Waals surface area contributed by atoms with Crippen LogP contribution in [0.15, 0.2) is 41.7 Å². The number of hydrogen-bond donors (Lipinski definition) is 1. The lowest BCUT2D eigenvalue weighted by molar-refractivity contribution is 0.323. The number of fused-ring (bicyclic) bond motifs is 1. The van der Waals surface area contributed by atoms with Crippen molar-refractivity contribution in [3.63, 3.8) is 0 Å². The number of hydrogen-bond acceptors (Lipinski definition) is 6. The maximum atomic E-state index is 9.25. The third-order valence-electron chi connectivity index (χ3n) is 7.30. The number of nitrogens with zero attached hydrogens (tertiary/aromatic N) is 6. The molecular weight excluding hydrogens is 398 g/mol. The number of nitriles is 1. The molecule has 2 aromatic rings. The van der Waals surface area contributed by atoms with E-state index in [4.69, 9.17) is 4.99 Å². The van der Waals surface area contributed by atoms with Gasteiger partial charge in [0.2, 0.25) is 5.96 Å². The van der Waals surface area contributed by atoms with Crippen molar-refractivity contribution in [2.24, 2.45) is 23.9 Å². The van der Waals surface area contributed by atoms with Crippen molar-refractivity contribution in [2.75, 3.05) is 33.2 Å². The molecule has 166 valence electrons. The summed E-state index contributed by atoms with van der Waals surface area (Å²) in [6.45, 7) is 6.44. The molecule has 0 aliphatic carbocycles. The summed E-state index contributed by atoms with van der Waals surface area (Å²) in [5, 5.41) is 17.4. The minimum absolute atomic E-state index is 0.0163. The molecule has 0 amide bonds. The van der Waals surface area contributed by atoms with E-state index >= 15 is 0 Å². The predicted molar refractivity (Wildman–Crippen MR) is 126 cm³/mol. The average molecular weight is 430 g/mol. The number of aliphatic imine (C=N–C) groups is 1. The van der Waals surface area contributed by atoms with E-state index in [0.29, 0.717) is 5.56 Å². The molecule has 2 saturated heterocycles. The smallest absolute Gasteiger partial charge is 0.201 e. The molecule has 1 N–H and O–H groups in total. The summed E-state index contributed by atoms with van der Waals surface area (Å²) in [5.74, 6) is 2.61. The molecule has 0 spiro atoms. The molecule has 32 heavy (non-hydrogen) atoms. The third-order valence-corrected chi connectivity index (χ3v) is 7.30. The standard InChI is InChI=1S/C25H31N7/c1-17-23(16-30(2)29-17)22-15-28-25(32-10-8-20-13-27-14-21(20)9-11-32)31(3)24(22)19-6-4-18(12-26)5-7-19/h4-7,15-16,20-21,24,27H,8-11,13-14H2,1-3H3. The summed E-state index contributed by atoms with van der Waals surface area (Å²) in [6.07, 6.45) is 6.54. The highest BCUT2D eigenvalue weighted by Crippen LogP contribution is 2.39. The van der Waals surface area contributed by atoms with Crippen LogP contribution in [0.1, 0.15) is 41.3 Å². The summed E-state index contributed by atoms with van der Waals surface area (Å²) < 4.78 is 1.86. The Hall–Kier alpha value is -3.11. The molecule has 7 nitrogen and oxygen atoms in total. The molecule has 7 heteroatoms. The second-order valence-electron chi connectivity index (χ2n) is 9.31. The van der Waals surface area contributed by atoms with E-state index in [-0.39, 0.29) is 6.04 Å². The van der Waals surface area contributed by atoms with Gasteiger partial charge in [-0.05, 0) is 62.4 Å². The lowest BCUT2D eigenvalue weighted by Crippen LogP contribution is -2.46. The number of aryl methyl sites for hydroxylation is 2. The zero-order valence-electron chi connectivity index (χ0n) is 19.1. The SMILES string of the molecule is Cc1nn(C)cc1C1=CN=C(N2CCC3CNCC3CC2)N(C)C1c1ccc(C#N)cc1. The highest BCUT2D eigenvalue weighted by molar-refractivity contribution is 5.88. The van der Waals surface area contributed by atoms with Gasteiger partial charge >= 0.3 is 0 Å². The summed E-state index contributed by atoms with van der Waals surface area (Å²) in [5.41, 5.74) is 5.09. The molecule has 0 bridgehead atoms. The Labute approximate surface area is 190 Å². The minimum Gasteiger partial charge on any atom is -0.343 e. The number of rotatable bonds is 2. The lowest BCUT2D eigenvalue weighted by Gasteiger charge is -2.40. The van der Waals surface area contributed by atoms with Crippen molar-refractivity contribution in [3.05, 3.63) is 59.0 Å². The van der Waals surface area contributed by atoms with Gasteiger partial charge in [-0.1, -0.05) is 12.1 Å². The molecule has 3 aliphatic rings. The number of guanidine groups is 1. The average Bonchev–Trinajstić information content (AvgIpc) is 3.33. The maximum Gasteiger partial charge on any atom is 0.201 e. The topological polar surface area (TPSA) is 72.5 Å². The summed E-state index contributed by atoms with van der Waals surface area (Å²) >= 11 is 0. The number of likely N-dealkylation sites (N-methyl/N-ethyl adjacent to an activating group) is 1. The first-order valence-corrected chi connectivity index (χ1v) is 11.5. The van der Waals surface area contributed by atoms with Crippen LogP contribution in [-0.4, -0.2) is 58.8 Å². The molecule has 2 fully saturated rings. The van der Waals surface area contributed by atoms with Crippen molar-refractivity contribution in [1.82, 2.24) is 24.9 Å². The van der Waals surface area contributed by atoms with Crippen LogP contribution in [0.2, 0.25) is 0 Å². The Morgan fingerprint density at radius 2 is 1.75 bits per heavy atom. The highest BCUT2D eigenvalue weighted by Gasteiger charge is 2.35. The van der Waals surface area contributed by atoms with Gasteiger partial charge in [-0.25, -0.2) is 4.99 Å².